The monoisotopic (exact) mass is 378 g/mol. The minimum Gasteiger partial charge on any atom is -0.497 e. The van der Waals surface area contributed by atoms with Crippen molar-refractivity contribution in [2.24, 2.45) is 0 Å². The highest BCUT2D eigenvalue weighted by atomic mass is 32.2. The Kier molecular flexibility index (Phi) is 6.00. The molecule has 2 heterocycles. The molecule has 9 heteroatoms. The number of thioether (sulfide) groups is 1. The van der Waals surface area contributed by atoms with E-state index in [1.54, 1.807) is 20.3 Å². The number of aromatic nitrogens is 3. The summed E-state index contributed by atoms with van der Waals surface area (Å²) in [6, 6.07) is 5.47. The number of nitrogens with one attached hydrogen (secondary N) is 1. The summed E-state index contributed by atoms with van der Waals surface area (Å²) in [4.78, 5) is 18.8. The number of rotatable bonds is 6. The Morgan fingerprint density at radius 2 is 2.08 bits per heavy atom. The first-order valence-corrected chi connectivity index (χ1v) is 9.18. The van der Waals surface area contributed by atoms with Crippen molar-refractivity contribution in [1.29, 1.82) is 0 Å². The second kappa shape index (κ2) is 8.41. The zero-order valence-corrected chi connectivity index (χ0v) is 15.8. The Bertz CT molecular complexity index is 761. The topological polar surface area (TPSA) is 89.6 Å². The normalized spacial score (nSPS) is 15.6. The quantitative estimate of drug-likeness (QED) is 0.767. The van der Waals surface area contributed by atoms with Crippen molar-refractivity contribution in [3.8, 4) is 22.9 Å². The highest BCUT2D eigenvalue weighted by Gasteiger charge is 2.24. The number of nitrogens with zero attached hydrogens (tertiary/aromatic N) is 3. The smallest absolute Gasteiger partial charge is 0.236 e. The van der Waals surface area contributed by atoms with Gasteiger partial charge in [0, 0.05) is 19.2 Å². The number of carbonyl (C=O) groups excluding carboxylic acids is 1. The van der Waals surface area contributed by atoms with Gasteiger partial charge in [-0.3, -0.25) is 9.89 Å². The van der Waals surface area contributed by atoms with E-state index < -0.39 is 0 Å². The first-order chi connectivity index (χ1) is 12.6. The molecule has 1 aromatic carbocycles. The molecule has 8 nitrogen and oxygen atoms in total. The lowest BCUT2D eigenvalue weighted by Gasteiger charge is -2.28. The molecule has 1 unspecified atom stereocenters. The molecule has 2 aromatic rings. The van der Waals surface area contributed by atoms with Crippen molar-refractivity contribution >= 4 is 17.7 Å². The van der Waals surface area contributed by atoms with Gasteiger partial charge in [-0.05, 0) is 19.1 Å². The van der Waals surface area contributed by atoms with Crippen LogP contribution in [0.5, 0.6) is 11.5 Å². The van der Waals surface area contributed by atoms with Crippen LogP contribution in [0.2, 0.25) is 0 Å². The summed E-state index contributed by atoms with van der Waals surface area (Å²) < 4.78 is 15.9. The second-order valence-corrected chi connectivity index (χ2v) is 7.04. The van der Waals surface area contributed by atoms with Crippen molar-refractivity contribution < 1.29 is 19.0 Å². The number of aromatic amines is 1. The minimum atomic E-state index is -0.269. The fraction of sp³-hybridized carbons (Fsp3) is 0.471. The van der Waals surface area contributed by atoms with Gasteiger partial charge in [-0.15, -0.1) is 5.10 Å². The number of morpholine rings is 1. The van der Waals surface area contributed by atoms with Crippen LogP contribution in [0.4, 0.5) is 0 Å². The molecule has 1 fully saturated rings. The van der Waals surface area contributed by atoms with E-state index in [0.29, 0.717) is 48.8 Å². The Balaban J connectivity index is 1.70. The van der Waals surface area contributed by atoms with Crippen LogP contribution in [0.1, 0.15) is 6.92 Å². The molecule has 0 bridgehead atoms. The predicted molar refractivity (Wildman–Crippen MR) is 97.6 cm³/mol. The van der Waals surface area contributed by atoms with Gasteiger partial charge in [-0.1, -0.05) is 11.8 Å². The van der Waals surface area contributed by atoms with Gasteiger partial charge in [0.1, 0.15) is 11.5 Å². The minimum absolute atomic E-state index is 0.0756. The summed E-state index contributed by atoms with van der Waals surface area (Å²) in [6.07, 6.45) is 0. The molecule has 0 saturated carbocycles. The summed E-state index contributed by atoms with van der Waals surface area (Å²) in [5.74, 6) is 1.99. The van der Waals surface area contributed by atoms with Crippen molar-refractivity contribution in [2.75, 3.05) is 40.5 Å². The molecule has 1 amide bonds. The second-order valence-electron chi connectivity index (χ2n) is 5.73. The van der Waals surface area contributed by atoms with Crippen LogP contribution < -0.4 is 9.47 Å². The molecule has 1 aliphatic heterocycles. The molecule has 1 saturated heterocycles. The molecule has 0 aliphatic carbocycles. The van der Waals surface area contributed by atoms with Crippen LogP contribution in [0.3, 0.4) is 0 Å². The number of amides is 1. The van der Waals surface area contributed by atoms with Gasteiger partial charge >= 0.3 is 0 Å². The van der Waals surface area contributed by atoms with E-state index in [9.17, 15) is 4.79 Å². The van der Waals surface area contributed by atoms with Crippen LogP contribution in [0.15, 0.2) is 23.4 Å². The van der Waals surface area contributed by atoms with Crippen LogP contribution in [0.25, 0.3) is 11.4 Å². The van der Waals surface area contributed by atoms with Gasteiger partial charge in [-0.25, -0.2) is 4.98 Å². The molecule has 1 N–H and O–H groups in total. The number of benzene rings is 1. The first-order valence-electron chi connectivity index (χ1n) is 8.30. The molecule has 3 rings (SSSR count). The largest absolute Gasteiger partial charge is 0.497 e. The Morgan fingerprint density at radius 3 is 2.77 bits per heavy atom. The Hall–Kier alpha value is -2.26. The lowest BCUT2D eigenvalue weighted by molar-refractivity contribution is -0.134. The molecule has 140 valence electrons. The van der Waals surface area contributed by atoms with E-state index >= 15 is 0 Å². The highest BCUT2D eigenvalue weighted by molar-refractivity contribution is 8.00. The van der Waals surface area contributed by atoms with E-state index in [-0.39, 0.29) is 11.2 Å². The zero-order valence-electron chi connectivity index (χ0n) is 15.0. The summed E-state index contributed by atoms with van der Waals surface area (Å²) in [7, 11) is 3.19. The average molecular weight is 378 g/mol. The molecule has 1 aromatic heterocycles. The number of H-pyrrole nitrogens is 1. The highest BCUT2D eigenvalue weighted by Crippen LogP contribution is 2.32. The molecular weight excluding hydrogens is 356 g/mol. The molecule has 0 radical (unpaired) electrons. The maximum Gasteiger partial charge on any atom is 0.236 e. The Morgan fingerprint density at radius 1 is 1.31 bits per heavy atom. The van der Waals surface area contributed by atoms with Crippen molar-refractivity contribution in [1.82, 2.24) is 20.1 Å². The lowest BCUT2D eigenvalue weighted by atomic mass is 10.2. The van der Waals surface area contributed by atoms with Gasteiger partial charge in [0.2, 0.25) is 11.1 Å². The maximum absolute atomic E-state index is 12.5. The van der Waals surface area contributed by atoms with Gasteiger partial charge in [0.15, 0.2) is 5.82 Å². The van der Waals surface area contributed by atoms with Crippen LogP contribution in [-0.4, -0.2) is 71.8 Å². The summed E-state index contributed by atoms with van der Waals surface area (Å²) >= 11 is 1.33. The fourth-order valence-corrected chi connectivity index (χ4v) is 3.47. The number of methoxy groups -OCH3 is 2. The SMILES string of the molecule is COc1ccc(-c2nc(SC(C)C(=O)N3CCOCC3)n[nH]2)c(OC)c1. The van der Waals surface area contributed by atoms with Gasteiger partial charge in [-0.2, -0.15) is 0 Å². The third kappa shape index (κ3) is 4.10. The van der Waals surface area contributed by atoms with Crippen LogP contribution in [0, 0.1) is 0 Å². The number of hydrogen-bond donors (Lipinski definition) is 1. The van der Waals surface area contributed by atoms with Crippen molar-refractivity contribution in [3.05, 3.63) is 18.2 Å². The van der Waals surface area contributed by atoms with E-state index in [1.807, 2.05) is 24.0 Å². The van der Waals surface area contributed by atoms with Gasteiger partial charge in [0.25, 0.3) is 0 Å². The van der Waals surface area contributed by atoms with E-state index in [4.69, 9.17) is 14.2 Å². The number of hydrogen-bond acceptors (Lipinski definition) is 7. The zero-order chi connectivity index (χ0) is 18.5. The maximum atomic E-state index is 12.5. The molecule has 1 aliphatic rings. The number of carbonyl (C=O) groups is 1. The van der Waals surface area contributed by atoms with Crippen LogP contribution >= 0.6 is 11.8 Å². The fourth-order valence-electron chi connectivity index (χ4n) is 2.66. The Labute approximate surface area is 156 Å². The van der Waals surface area contributed by atoms with Crippen molar-refractivity contribution in [3.63, 3.8) is 0 Å². The van der Waals surface area contributed by atoms with E-state index in [0.717, 1.165) is 5.56 Å². The lowest BCUT2D eigenvalue weighted by Crippen LogP contribution is -2.44. The standard InChI is InChI=1S/C17H22N4O4S/c1-11(16(22)21-6-8-25-9-7-21)26-17-18-15(19-20-17)13-5-4-12(23-2)10-14(13)24-3/h4-5,10-11H,6-9H2,1-3H3,(H,18,19,20). The molecule has 0 spiro atoms. The number of ether oxygens (including phenoxy) is 3. The first kappa shape index (κ1) is 18.5. The average Bonchev–Trinajstić information content (AvgIpc) is 3.15. The van der Waals surface area contributed by atoms with E-state index in [1.165, 1.54) is 11.8 Å². The van der Waals surface area contributed by atoms with Crippen molar-refractivity contribution in [2.45, 2.75) is 17.3 Å². The van der Waals surface area contributed by atoms with E-state index in [2.05, 4.69) is 15.2 Å². The third-order valence-electron chi connectivity index (χ3n) is 4.08. The van der Waals surface area contributed by atoms with Gasteiger partial charge < -0.3 is 19.1 Å². The van der Waals surface area contributed by atoms with Gasteiger partial charge in [0.05, 0.1) is 38.2 Å². The summed E-state index contributed by atoms with van der Waals surface area (Å²) in [5, 5.41) is 7.38. The molecule has 1 atom stereocenters. The summed E-state index contributed by atoms with van der Waals surface area (Å²) in [6.45, 7) is 4.31. The summed E-state index contributed by atoms with van der Waals surface area (Å²) in [5.41, 5.74) is 0.778. The predicted octanol–water partition coefficient (Wildman–Crippen LogP) is 1.83. The molecular formula is C17H22N4O4S. The third-order valence-corrected chi connectivity index (χ3v) is 5.03. The molecule has 26 heavy (non-hydrogen) atoms. The van der Waals surface area contributed by atoms with Crippen LogP contribution in [-0.2, 0) is 9.53 Å².